The molecular formula is C9H8N-. The normalized spacial score (nSPS) is 8.40. The third-order valence-electron chi connectivity index (χ3n) is 1.27. The smallest absolute Gasteiger partial charge is 0.00394 e. The number of rotatable bonds is 2. The molecular weight excluding hydrogens is 122 g/mol. The van der Waals surface area contributed by atoms with E-state index in [9.17, 15) is 0 Å². The second-order valence-corrected chi connectivity index (χ2v) is 2.02. The highest BCUT2D eigenvalue weighted by Gasteiger charge is 1.82. The van der Waals surface area contributed by atoms with E-state index >= 15 is 0 Å². The monoisotopic (exact) mass is 130 g/mol. The van der Waals surface area contributed by atoms with Crippen LogP contribution in [0.25, 0.3) is 5.41 Å². The summed E-state index contributed by atoms with van der Waals surface area (Å²) in [5, 5.41) is 8.22. The van der Waals surface area contributed by atoms with Gasteiger partial charge in [-0.3, -0.25) is 5.87 Å². The van der Waals surface area contributed by atoms with Crippen molar-refractivity contribution in [3.63, 3.8) is 0 Å². The van der Waals surface area contributed by atoms with Crippen LogP contribution in [-0.4, -0.2) is 5.87 Å². The quantitative estimate of drug-likeness (QED) is 0.546. The summed E-state index contributed by atoms with van der Waals surface area (Å²) in [6.45, 7) is 0. The highest BCUT2D eigenvalue weighted by atomic mass is 14.3. The van der Waals surface area contributed by atoms with E-state index in [2.05, 4.69) is 0 Å². The van der Waals surface area contributed by atoms with E-state index in [0.29, 0.717) is 0 Å². The number of nitrogens with zero attached hydrogens (tertiary/aromatic N) is 1. The molecule has 0 radical (unpaired) electrons. The number of hydrogen-bond donors (Lipinski definition) is 0. The van der Waals surface area contributed by atoms with E-state index in [1.165, 1.54) is 5.56 Å². The van der Waals surface area contributed by atoms with Crippen LogP contribution in [0.15, 0.2) is 36.4 Å². The lowest BCUT2D eigenvalue weighted by atomic mass is 10.2. The maximum Gasteiger partial charge on any atom is -0.00394 e. The summed E-state index contributed by atoms with van der Waals surface area (Å²) in [4.78, 5) is 0. The van der Waals surface area contributed by atoms with Crippen LogP contribution >= 0.6 is 0 Å². The van der Waals surface area contributed by atoms with Crippen LogP contribution in [0.2, 0.25) is 0 Å². The lowest BCUT2D eigenvalue weighted by Crippen LogP contribution is -1.77. The summed E-state index contributed by atoms with van der Waals surface area (Å²) < 4.78 is 0. The number of hydrogen-bond acceptors (Lipinski definition) is 0. The second-order valence-electron chi connectivity index (χ2n) is 2.02. The highest BCUT2D eigenvalue weighted by Crippen LogP contribution is 1.98. The minimum absolute atomic E-state index is 0.747. The van der Waals surface area contributed by atoms with Crippen LogP contribution in [0, 0.1) is 0 Å². The minimum Gasteiger partial charge on any atom is -0.764 e. The summed E-state index contributed by atoms with van der Waals surface area (Å²) in [5.41, 5.74) is 1.18. The molecule has 1 rings (SSSR count). The molecule has 0 aliphatic rings. The molecule has 0 aliphatic heterocycles. The Morgan fingerprint density at radius 2 is 2.00 bits per heavy atom. The molecule has 0 saturated heterocycles. The van der Waals surface area contributed by atoms with Crippen molar-refractivity contribution in [1.29, 1.82) is 0 Å². The first-order chi connectivity index (χ1) is 4.93. The van der Waals surface area contributed by atoms with Gasteiger partial charge >= 0.3 is 0 Å². The molecule has 0 spiro atoms. The molecule has 1 aromatic rings. The number of allylic oxidation sites excluding steroid dienone is 1. The molecule has 0 N–H and O–H groups in total. The van der Waals surface area contributed by atoms with Gasteiger partial charge in [-0.15, -0.1) is 0 Å². The van der Waals surface area contributed by atoms with E-state index in [4.69, 9.17) is 5.41 Å². The van der Waals surface area contributed by atoms with Gasteiger partial charge < -0.3 is 5.41 Å². The minimum atomic E-state index is 0.747. The molecule has 0 heterocycles. The summed E-state index contributed by atoms with van der Waals surface area (Å²) in [5.74, 6) is 1.99. The van der Waals surface area contributed by atoms with Crippen LogP contribution < -0.4 is 0 Å². The Labute approximate surface area is 60.5 Å². The molecule has 0 atom stereocenters. The van der Waals surface area contributed by atoms with Crippen LogP contribution in [0.4, 0.5) is 0 Å². The Hall–Kier alpha value is -1.33. The molecule has 0 bridgehead atoms. The van der Waals surface area contributed by atoms with Gasteiger partial charge in [0.1, 0.15) is 0 Å². The Bertz CT molecular complexity index is 232. The first kappa shape index (κ1) is 6.79. The van der Waals surface area contributed by atoms with E-state index < -0.39 is 0 Å². The van der Waals surface area contributed by atoms with E-state index in [1.807, 2.05) is 36.2 Å². The van der Waals surface area contributed by atoms with Crippen LogP contribution in [0.1, 0.15) is 5.56 Å². The van der Waals surface area contributed by atoms with E-state index in [1.54, 1.807) is 6.08 Å². The third-order valence-corrected chi connectivity index (χ3v) is 1.27. The highest BCUT2D eigenvalue weighted by molar-refractivity contribution is 5.55. The SMILES string of the molecule is [N-]=C=CCc1ccccc1. The zero-order chi connectivity index (χ0) is 7.23. The van der Waals surface area contributed by atoms with Crippen molar-refractivity contribution in [2.75, 3.05) is 0 Å². The molecule has 1 nitrogen and oxygen atoms in total. The third kappa shape index (κ3) is 1.88. The van der Waals surface area contributed by atoms with Crippen molar-refractivity contribution < 1.29 is 0 Å². The zero-order valence-corrected chi connectivity index (χ0v) is 5.62. The van der Waals surface area contributed by atoms with Gasteiger partial charge in [0.15, 0.2) is 0 Å². The van der Waals surface area contributed by atoms with Gasteiger partial charge in [0, 0.05) is 0 Å². The molecule has 0 aromatic heterocycles. The molecule has 1 heteroatoms. The Kier molecular flexibility index (Phi) is 2.48. The van der Waals surface area contributed by atoms with Crippen LogP contribution in [0.5, 0.6) is 0 Å². The van der Waals surface area contributed by atoms with Gasteiger partial charge in [-0.1, -0.05) is 36.4 Å². The largest absolute Gasteiger partial charge is 0.764 e. The van der Waals surface area contributed by atoms with Gasteiger partial charge in [-0.25, -0.2) is 0 Å². The number of benzene rings is 1. The van der Waals surface area contributed by atoms with Crippen molar-refractivity contribution in [2.45, 2.75) is 6.42 Å². The van der Waals surface area contributed by atoms with Crippen molar-refractivity contribution >= 4 is 5.87 Å². The van der Waals surface area contributed by atoms with Gasteiger partial charge in [-0.05, 0) is 12.0 Å². The van der Waals surface area contributed by atoms with Crippen molar-refractivity contribution in [3.8, 4) is 0 Å². The van der Waals surface area contributed by atoms with Crippen molar-refractivity contribution in [2.24, 2.45) is 0 Å². The first-order valence-electron chi connectivity index (χ1n) is 3.18. The topological polar surface area (TPSA) is 22.3 Å². The molecule has 0 unspecified atom stereocenters. The summed E-state index contributed by atoms with van der Waals surface area (Å²) in [6, 6.07) is 9.93. The Balaban J connectivity index is 2.67. The Morgan fingerprint density at radius 3 is 2.60 bits per heavy atom. The van der Waals surface area contributed by atoms with Gasteiger partial charge in [0.05, 0.1) is 0 Å². The molecule has 0 saturated carbocycles. The molecule has 0 fully saturated rings. The van der Waals surface area contributed by atoms with Crippen molar-refractivity contribution in [1.82, 2.24) is 0 Å². The van der Waals surface area contributed by atoms with Crippen molar-refractivity contribution in [3.05, 3.63) is 47.4 Å². The average Bonchev–Trinajstić information content (AvgIpc) is 2.03. The first-order valence-corrected chi connectivity index (χ1v) is 3.18. The lowest BCUT2D eigenvalue weighted by molar-refractivity contribution is 1.29. The van der Waals surface area contributed by atoms with Gasteiger partial charge in [0.25, 0.3) is 0 Å². The standard InChI is InChI=1S/C9H8N/c10-8-4-7-9-5-2-1-3-6-9/h1-6H,7H2/q-1. The summed E-state index contributed by atoms with van der Waals surface area (Å²) in [6.07, 6.45) is 2.34. The fourth-order valence-corrected chi connectivity index (χ4v) is 0.778. The predicted octanol–water partition coefficient (Wildman–Crippen LogP) is 2.02. The van der Waals surface area contributed by atoms with Gasteiger partial charge in [-0.2, -0.15) is 0 Å². The maximum absolute atomic E-state index is 8.22. The zero-order valence-electron chi connectivity index (χ0n) is 5.62. The molecule has 0 aliphatic carbocycles. The predicted molar refractivity (Wildman–Crippen MR) is 43.1 cm³/mol. The Morgan fingerprint density at radius 1 is 1.30 bits per heavy atom. The van der Waals surface area contributed by atoms with Crippen LogP contribution in [0.3, 0.4) is 0 Å². The van der Waals surface area contributed by atoms with Gasteiger partial charge in [0.2, 0.25) is 0 Å². The fourth-order valence-electron chi connectivity index (χ4n) is 0.778. The summed E-state index contributed by atoms with van der Waals surface area (Å²) in [7, 11) is 0. The average molecular weight is 130 g/mol. The molecule has 1 aromatic carbocycles. The molecule has 50 valence electrons. The molecule has 10 heavy (non-hydrogen) atoms. The second kappa shape index (κ2) is 3.65. The van der Waals surface area contributed by atoms with E-state index in [-0.39, 0.29) is 0 Å². The molecule has 0 amide bonds. The summed E-state index contributed by atoms with van der Waals surface area (Å²) >= 11 is 0. The van der Waals surface area contributed by atoms with Crippen LogP contribution in [-0.2, 0) is 6.42 Å². The fraction of sp³-hybridized carbons (Fsp3) is 0.111. The lowest BCUT2D eigenvalue weighted by Gasteiger charge is -1.91. The van der Waals surface area contributed by atoms with E-state index in [0.717, 1.165) is 6.42 Å². The maximum atomic E-state index is 8.22.